The molecule has 2 aromatic rings. The standard InChI is InChI=1S/C20H25FN4O/c1-2-24-11-13-25(14-12-24)20(26)19-8-7-18(15-23-19)22-10-9-16-3-5-17(21)6-4-16/h3-8,15,22H,2,9-14H2,1H3. The molecule has 0 spiro atoms. The zero-order valence-electron chi connectivity index (χ0n) is 15.1. The molecule has 6 heteroatoms. The molecule has 1 aliphatic heterocycles. The first kappa shape index (κ1) is 18.3. The molecule has 26 heavy (non-hydrogen) atoms. The zero-order chi connectivity index (χ0) is 18.4. The van der Waals surface area contributed by atoms with Crippen molar-refractivity contribution in [3.8, 4) is 0 Å². The fraction of sp³-hybridized carbons (Fsp3) is 0.400. The van der Waals surface area contributed by atoms with Crippen LogP contribution in [0, 0.1) is 5.82 Å². The van der Waals surface area contributed by atoms with Crippen LogP contribution in [0.2, 0.25) is 0 Å². The minimum Gasteiger partial charge on any atom is -0.383 e. The summed E-state index contributed by atoms with van der Waals surface area (Å²) in [5, 5.41) is 3.28. The second-order valence-corrected chi connectivity index (χ2v) is 6.46. The number of nitrogens with zero attached hydrogens (tertiary/aromatic N) is 3. The van der Waals surface area contributed by atoms with Gasteiger partial charge in [-0.1, -0.05) is 19.1 Å². The average Bonchev–Trinajstić information content (AvgIpc) is 2.69. The van der Waals surface area contributed by atoms with E-state index < -0.39 is 0 Å². The molecule has 138 valence electrons. The van der Waals surface area contributed by atoms with E-state index in [-0.39, 0.29) is 11.7 Å². The van der Waals surface area contributed by atoms with Crippen molar-refractivity contribution in [1.29, 1.82) is 0 Å². The lowest BCUT2D eigenvalue weighted by molar-refractivity contribution is 0.0637. The maximum Gasteiger partial charge on any atom is 0.272 e. The van der Waals surface area contributed by atoms with Crippen LogP contribution in [-0.2, 0) is 6.42 Å². The van der Waals surface area contributed by atoms with Gasteiger partial charge in [-0.05, 0) is 42.8 Å². The Morgan fingerprint density at radius 3 is 2.46 bits per heavy atom. The van der Waals surface area contributed by atoms with Crippen molar-refractivity contribution in [3.63, 3.8) is 0 Å². The number of hydrogen-bond donors (Lipinski definition) is 1. The Morgan fingerprint density at radius 1 is 1.12 bits per heavy atom. The maximum atomic E-state index is 12.9. The highest BCUT2D eigenvalue weighted by Crippen LogP contribution is 2.11. The summed E-state index contributed by atoms with van der Waals surface area (Å²) in [5.74, 6) is -0.221. The molecule has 0 bridgehead atoms. The van der Waals surface area contributed by atoms with E-state index in [1.807, 2.05) is 11.0 Å². The molecule has 1 N–H and O–H groups in total. The van der Waals surface area contributed by atoms with Gasteiger partial charge in [0.1, 0.15) is 11.5 Å². The van der Waals surface area contributed by atoms with Crippen LogP contribution in [0.15, 0.2) is 42.6 Å². The van der Waals surface area contributed by atoms with Gasteiger partial charge < -0.3 is 15.1 Å². The SMILES string of the molecule is CCN1CCN(C(=O)c2ccc(NCCc3ccc(F)cc3)cn2)CC1. The molecule has 1 aromatic carbocycles. The van der Waals surface area contributed by atoms with Crippen LogP contribution in [0.3, 0.4) is 0 Å². The van der Waals surface area contributed by atoms with Crippen LogP contribution in [0.5, 0.6) is 0 Å². The summed E-state index contributed by atoms with van der Waals surface area (Å²) >= 11 is 0. The van der Waals surface area contributed by atoms with Crippen molar-refractivity contribution >= 4 is 11.6 Å². The van der Waals surface area contributed by atoms with Gasteiger partial charge in [0.05, 0.1) is 11.9 Å². The number of carbonyl (C=O) groups excluding carboxylic acids is 1. The molecule has 1 aliphatic rings. The molecule has 0 radical (unpaired) electrons. The number of carbonyl (C=O) groups is 1. The molecular formula is C20H25FN4O. The summed E-state index contributed by atoms with van der Waals surface area (Å²) < 4.78 is 12.9. The predicted octanol–water partition coefficient (Wildman–Crippen LogP) is 2.65. The van der Waals surface area contributed by atoms with Gasteiger partial charge in [-0.15, -0.1) is 0 Å². The highest BCUT2D eigenvalue weighted by molar-refractivity contribution is 5.92. The molecule has 1 saturated heterocycles. The molecule has 2 heterocycles. The van der Waals surface area contributed by atoms with Gasteiger partial charge in [-0.25, -0.2) is 9.37 Å². The topological polar surface area (TPSA) is 48.5 Å². The predicted molar refractivity (Wildman–Crippen MR) is 101 cm³/mol. The number of likely N-dealkylation sites (N-methyl/N-ethyl adjacent to an activating group) is 1. The largest absolute Gasteiger partial charge is 0.383 e. The van der Waals surface area contributed by atoms with Gasteiger partial charge in [0.25, 0.3) is 5.91 Å². The van der Waals surface area contributed by atoms with Gasteiger partial charge >= 0.3 is 0 Å². The van der Waals surface area contributed by atoms with E-state index in [1.165, 1.54) is 12.1 Å². The number of piperazine rings is 1. The minimum absolute atomic E-state index is 0.00128. The van der Waals surface area contributed by atoms with E-state index in [0.29, 0.717) is 5.69 Å². The highest BCUT2D eigenvalue weighted by Gasteiger charge is 2.21. The molecule has 5 nitrogen and oxygen atoms in total. The maximum absolute atomic E-state index is 12.9. The molecular weight excluding hydrogens is 331 g/mol. The Balaban J connectivity index is 1.48. The van der Waals surface area contributed by atoms with Crippen molar-refractivity contribution in [2.24, 2.45) is 0 Å². The molecule has 0 saturated carbocycles. The first-order chi connectivity index (χ1) is 12.7. The third kappa shape index (κ3) is 4.79. The second kappa shape index (κ2) is 8.76. The number of anilines is 1. The number of halogens is 1. The van der Waals surface area contributed by atoms with E-state index in [9.17, 15) is 9.18 Å². The third-order valence-corrected chi connectivity index (χ3v) is 4.75. The summed E-state index contributed by atoms with van der Waals surface area (Å²) in [7, 11) is 0. The Labute approximate surface area is 153 Å². The van der Waals surface area contributed by atoms with Gasteiger partial charge in [-0.2, -0.15) is 0 Å². The summed E-state index contributed by atoms with van der Waals surface area (Å²) in [4.78, 5) is 21.0. The van der Waals surface area contributed by atoms with Crippen LogP contribution in [0.1, 0.15) is 23.0 Å². The summed E-state index contributed by atoms with van der Waals surface area (Å²) in [6.07, 6.45) is 2.49. The average molecular weight is 356 g/mol. The quantitative estimate of drug-likeness (QED) is 0.864. The third-order valence-electron chi connectivity index (χ3n) is 4.75. The molecule has 1 fully saturated rings. The van der Waals surface area contributed by atoms with Crippen LogP contribution < -0.4 is 5.32 Å². The summed E-state index contributed by atoms with van der Waals surface area (Å²) in [5.41, 5.74) is 2.43. The lowest BCUT2D eigenvalue weighted by atomic mass is 10.1. The van der Waals surface area contributed by atoms with Gasteiger partial charge in [0.15, 0.2) is 0 Å². The van der Waals surface area contributed by atoms with Crippen molar-refractivity contribution in [2.45, 2.75) is 13.3 Å². The number of hydrogen-bond acceptors (Lipinski definition) is 4. The molecule has 1 aromatic heterocycles. The molecule has 0 unspecified atom stereocenters. The molecule has 1 amide bonds. The lowest BCUT2D eigenvalue weighted by Gasteiger charge is -2.33. The monoisotopic (exact) mass is 356 g/mol. The fourth-order valence-electron chi connectivity index (χ4n) is 3.06. The number of nitrogens with one attached hydrogen (secondary N) is 1. The Bertz CT molecular complexity index is 710. The van der Waals surface area contributed by atoms with Gasteiger partial charge in [0, 0.05) is 32.7 Å². The highest BCUT2D eigenvalue weighted by atomic mass is 19.1. The van der Waals surface area contributed by atoms with E-state index in [4.69, 9.17) is 0 Å². The summed E-state index contributed by atoms with van der Waals surface area (Å²) in [6, 6.07) is 10.2. The minimum atomic E-state index is -0.220. The van der Waals surface area contributed by atoms with E-state index in [2.05, 4.69) is 22.1 Å². The van der Waals surface area contributed by atoms with E-state index >= 15 is 0 Å². The Kier molecular flexibility index (Phi) is 6.17. The van der Waals surface area contributed by atoms with Crippen molar-refractivity contribution < 1.29 is 9.18 Å². The number of amides is 1. The number of aromatic nitrogens is 1. The van der Waals surface area contributed by atoms with E-state index in [0.717, 1.165) is 56.9 Å². The number of pyridine rings is 1. The number of benzene rings is 1. The summed E-state index contributed by atoms with van der Waals surface area (Å²) in [6.45, 7) is 7.24. The molecule has 0 aliphatic carbocycles. The van der Waals surface area contributed by atoms with Crippen LogP contribution in [0.25, 0.3) is 0 Å². The van der Waals surface area contributed by atoms with Gasteiger partial charge in [-0.3, -0.25) is 4.79 Å². The van der Waals surface area contributed by atoms with Gasteiger partial charge in [0.2, 0.25) is 0 Å². The fourth-order valence-corrected chi connectivity index (χ4v) is 3.06. The normalized spacial score (nSPS) is 15.1. The van der Waals surface area contributed by atoms with Crippen LogP contribution >= 0.6 is 0 Å². The smallest absolute Gasteiger partial charge is 0.272 e. The number of rotatable bonds is 6. The van der Waals surface area contributed by atoms with E-state index in [1.54, 1.807) is 24.4 Å². The Morgan fingerprint density at radius 2 is 1.85 bits per heavy atom. The molecule has 0 atom stereocenters. The van der Waals surface area contributed by atoms with Crippen molar-refractivity contribution in [3.05, 3.63) is 59.7 Å². The van der Waals surface area contributed by atoms with Crippen LogP contribution in [-0.4, -0.2) is 60.0 Å². The molecule has 3 rings (SSSR count). The first-order valence-corrected chi connectivity index (χ1v) is 9.11. The van der Waals surface area contributed by atoms with Crippen molar-refractivity contribution in [2.75, 3.05) is 44.6 Å². The lowest BCUT2D eigenvalue weighted by Crippen LogP contribution is -2.48. The first-order valence-electron chi connectivity index (χ1n) is 9.11. The second-order valence-electron chi connectivity index (χ2n) is 6.46. The van der Waals surface area contributed by atoms with Crippen LogP contribution in [0.4, 0.5) is 10.1 Å². The Hall–Kier alpha value is -2.47. The van der Waals surface area contributed by atoms with Crippen molar-refractivity contribution in [1.82, 2.24) is 14.8 Å². The zero-order valence-corrected chi connectivity index (χ0v) is 15.1.